The highest BCUT2D eigenvalue weighted by Gasteiger charge is 2.13. The van der Waals surface area contributed by atoms with Crippen molar-refractivity contribution in [2.24, 2.45) is 5.92 Å². The predicted molar refractivity (Wildman–Crippen MR) is 87.1 cm³/mol. The number of hydrogen-bond acceptors (Lipinski definition) is 2. The van der Waals surface area contributed by atoms with Gasteiger partial charge in [-0.3, -0.25) is 9.78 Å². The van der Waals surface area contributed by atoms with Crippen molar-refractivity contribution in [2.45, 2.75) is 13.3 Å². The minimum atomic E-state index is -0.0875. The molecule has 0 saturated heterocycles. The molecule has 0 aliphatic heterocycles. The van der Waals surface area contributed by atoms with Crippen LogP contribution >= 0.6 is 22.6 Å². The molecule has 3 nitrogen and oxygen atoms in total. The molecule has 1 heterocycles. The lowest BCUT2D eigenvalue weighted by atomic mass is 10.1. The molecule has 0 fully saturated rings. The molecule has 2 aromatic rings. The monoisotopic (exact) mass is 366 g/mol. The number of carbonyl (C=O) groups is 1. The van der Waals surface area contributed by atoms with Gasteiger partial charge in [-0.15, -0.1) is 6.58 Å². The van der Waals surface area contributed by atoms with Crippen LogP contribution in [0.1, 0.15) is 13.3 Å². The van der Waals surface area contributed by atoms with Crippen LogP contribution in [0.5, 0.6) is 0 Å². The highest BCUT2D eigenvalue weighted by molar-refractivity contribution is 14.1. The molecule has 1 aromatic heterocycles. The summed E-state index contributed by atoms with van der Waals surface area (Å²) in [5.74, 6) is -0.0939. The number of fused-ring (bicyclic) bond motifs is 1. The summed E-state index contributed by atoms with van der Waals surface area (Å²) < 4.78 is 1.12. The molecule has 2 rings (SSSR count). The van der Waals surface area contributed by atoms with Gasteiger partial charge in [0, 0.05) is 21.1 Å². The molecular formula is C15H15IN2O. The Labute approximate surface area is 126 Å². The smallest absolute Gasteiger partial charge is 0.227 e. The molecule has 1 amide bonds. The lowest BCUT2D eigenvalue weighted by Gasteiger charge is -2.12. The second kappa shape index (κ2) is 6.14. The number of nitrogens with one attached hydrogen (secondary N) is 1. The Morgan fingerprint density at radius 3 is 3.05 bits per heavy atom. The fraction of sp³-hybridized carbons (Fsp3) is 0.200. The molecule has 1 unspecified atom stereocenters. The van der Waals surface area contributed by atoms with Gasteiger partial charge in [-0.05, 0) is 47.2 Å². The predicted octanol–water partition coefficient (Wildman–Crippen LogP) is 3.99. The van der Waals surface area contributed by atoms with Crippen molar-refractivity contribution >= 4 is 45.1 Å². The van der Waals surface area contributed by atoms with E-state index in [1.165, 1.54) is 0 Å². The zero-order valence-electron chi connectivity index (χ0n) is 10.7. The average Bonchev–Trinajstić information content (AvgIpc) is 2.42. The van der Waals surface area contributed by atoms with E-state index in [0.717, 1.165) is 20.2 Å². The molecule has 1 aromatic carbocycles. The summed E-state index contributed by atoms with van der Waals surface area (Å²) in [6.45, 7) is 5.55. The summed E-state index contributed by atoms with van der Waals surface area (Å²) in [6.07, 6.45) is 4.16. The fourth-order valence-electron chi connectivity index (χ4n) is 1.85. The van der Waals surface area contributed by atoms with Crippen molar-refractivity contribution in [3.63, 3.8) is 0 Å². The summed E-state index contributed by atoms with van der Waals surface area (Å²) >= 11 is 2.27. The number of rotatable bonds is 4. The summed E-state index contributed by atoms with van der Waals surface area (Å²) in [7, 11) is 0. The quantitative estimate of drug-likeness (QED) is 0.657. The van der Waals surface area contributed by atoms with E-state index in [2.05, 4.69) is 39.5 Å². The zero-order chi connectivity index (χ0) is 13.8. The van der Waals surface area contributed by atoms with Gasteiger partial charge < -0.3 is 5.32 Å². The maximum absolute atomic E-state index is 12.0. The lowest BCUT2D eigenvalue weighted by molar-refractivity contribution is -0.119. The normalized spacial score (nSPS) is 12.1. The standard InChI is InChI=1S/C15H15IN2O/c1-3-5-10(2)15(19)18-13-8-7-12(16)11-6-4-9-17-14(11)13/h3-4,6-10H,1,5H2,2H3,(H,18,19). The number of benzene rings is 1. The van der Waals surface area contributed by atoms with Crippen LogP contribution in [0.25, 0.3) is 10.9 Å². The number of allylic oxidation sites excluding steroid dienone is 1. The first-order chi connectivity index (χ1) is 9.13. The van der Waals surface area contributed by atoms with Crippen molar-refractivity contribution in [3.8, 4) is 0 Å². The first-order valence-electron chi connectivity index (χ1n) is 6.08. The highest BCUT2D eigenvalue weighted by atomic mass is 127. The first kappa shape index (κ1) is 14.0. The molecule has 0 aliphatic carbocycles. The van der Waals surface area contributed by atoms with Crippen LogP contribution in [-0.4, -0.2) is 10.9 Å². The molecule has 1 atom stereocenters. The largest absolute Gasteiger partial charge is 0.324 e. The summed E-state index contributed by atoms with van der Waals surface area (Å²) in [4.78, 5) is 16.4. The maximum Gasteiger partial charge on any atom is 0.227 e. The van der Waals surface area contributed by atoms with Crippen molar-refractivity contribution in [1.82, 2.24) is 4.98 Å². The van der Waals surface area contributed by atoms with Crippen molar-refractivity contribution in [1.29, 1.82) is 0 Å². The van der Waals surface area contributed by atoms with E-state index in [-0.39, 0.29) is 11.8 Å². The van der Waals surface area contributed by atoms with Crippen LogP contribution < -0.4 is 5.32 Å². The topological polar surface area (TPSA) is 42.0 Å². The van der Waals surface area contributed by atoms with E-state index in [0.29, 0.717) is 6.42 Å². The van der Waals surface area contributed by atoms with E-state index in [9.17, 15) is 4.79 Å². The van der Waals surface area contributed by atoms with Gasteiger partial charge in [0.2, 0.25) is 5.91 Å². The highest BCUT2D eigenvalue weighted by Crippen LogP contribution is 2.26. The Hall–Kier alpha value is -1.43. The molecule has 1 N–H and O–H groups in total. The number of pyridine rings is 1. The molecule has 19 heavy (non-hydrogen) atoms. The Kier molecular flexibility index (Phi) is 4.52. The SMILES string of the molecule is C=CCC(C)C(=O)Nc1ccc(I)c2cccnc12. The summed E-state index contributed by atoms with van der Waals surface area (Å²) in [6, 6.07) is 7.79. The van der Waals surface area contributed by atoms with Crippen molar-refractivity contribution in [3.05, 3.63) is 46.7 Å². The van der Waals surface area contributed by atoms with Gasteiger partial charge in [0.25, 0.3) is 0 Å². The van der Waals surface area contributed by atoms with Crippen LogP contribution in [0, 0.1) is 9.49 Å². The Morgan fingerprint density at radius 2 is 2.32 bits per heavy atom. The number of carbonyl (C=O) groups excluding carboxylic acids is 1. The first-order valence-corrected chi connectivity index (χ1v) is 7.16. The molecule has 0 aliphatic rings. The molecule has 98 valence electrons. The average molecular weight is 366 g/mol. The minimum absolute atomic E-state index is 0.00642. The number of halogens is 1. The van der Waals surface area contributed by atoms with Crippen LogP contribution in [-0.2, 0) is 4.79 Å². The van der Waals surface area contributed by atoms with E-state index < -0.39 is 0 Å². The third-order valence-electron chi connectivity index (χ3n) is 2.94. The third-order valence-corrected chi connectivity index (χ3v) is 3.88. The van der Waals surface area contributed by atoms with Crippen molar-refractivity contribution < 1.29 is 4.79 Å². The summed E-state index contributed by atoms with van der Waals surface area (Å²) in [5.41, 5.74) is 1.59. The van der Waals surface area contributed by atoms with Gasteiger partial charge in [0.1, 0.15) is 0 Å². The van der Waals surface area contributed by atoms with Crippen LogP contribution in [0.3, 0.4) is 0 Å². The van der Waals surface area contributed by atoms with Gasteiger partial charge in [-0.25, -0.2) is 0 Å². The van der Waals surface area contributed by atoms with Gasteiger partial charge in [-0.1, -0.05) is 19.1 Å². The van der Waals surface area contributed by atoms with E-state index in [1.807, 2.05) is 31.2 Å². The van der Waals surface area contributed by atoms with Crippen LogP contribution in [0.15, 0.2) is 43.1 Å². The third kappa shape index (κ3) is 3.12. The lowest BCUT2D eigenvalue weighted by Crippen LogP contribution is -2.20. The number of anilines is 1. The Bertz CT molecular complexity index is 625. The van der Waals surface area contributed by atoms with E-state index >= 15 is 0 Å². The zero-order valence-corrected chi connectivity index (χ0v) is 12.8. The number of amides is 1. The number of hydrogen-bond donors (Lipinski definition) is 1. The molecule has 0 saturated carbocycles. The van der Waals surface area contributed by atoms with E-state index in [1.54, 1.807) is 12.3 Å². The Balaban J connectivity index is 2.33. The van der Waals surface area contributed by atoms with Gasteiger partial charge in [0.05, 0.1) is 11.2 Å². The second-order valence-electron chi connectivity index (χ2n) is 4.41. The maximum atomic E-state index is 12.0. The van der Waals surface area contributed by atoms with E-state index in [4.69, 9.17) is 0 Å². The van der Waals surface area contributed by atoms with Gasteiger partial charge >= 0.3 is 0 Å². The second-order valence-corrected chi connectivity index (χ2v) is 5.57. The van der Waals surface area contributed by atoms with Crippen molar-refractivity contribution in [2.75, 3.05) is 5.32 Å². The molecule has 4 heteroatoms. The number of nitrogens with zero attached hydrogens (tertiary/aromatic N) is 1. The molecule has 0 spiro atoms. The molecule has 0 radical (unpaired) electrons. The van der Waals surface area contributed by atoms with Gasteiger partial charge in [0.15, 0.2) is 0 Å². The Morgan fingerprint density at radius 1 is 1.53 bits per heavy atom. The molecule has 0 bridgehead atoms. The summed E-state index contributed by atoms with van der Waals surface area (Å²) in [5, 5.41) is 4.00. The molecular weight excluding hydrogens is 351 g/mol. The fourth-order valence-corrected chi connectivity index (χ4v) is 2.47. The minimum Gasteiger partial charge on any atom is -0.324 e. The van der Waals surface area contributed by atoms with Crippen LogP contribution in [0.4, 0.5) is 5.69 Å². The van der Waals surface area contributed by atoms with Gasteiger partial charge in [-0.2, -0.15) is 0 Å². The number of aromatic nitrogens is 1. The van der Waals surface area contributed by atoms with Crippen LogP contribution in [0.2, 0.25) is 0 Å².